The van der Waals surface area contributed by atoms with Crippen molar-refractivity contribution in [1.82, 2.24) is 9.97 Å². The van der Waals surface area contributed by atoms with Gasteiger partial charge in [-0.25, -0.2) is 13.8 Å². The number of nitrogens with zero attached hydrogens (tertiary/aromatic N) is 3. The minimum Gasteiger partial charge on any atom is -0.489 e. The van der Waals surface area contributed by atoms with Crippen LogP contribution in [0, 0.1) is 5.82 Å². The lowest BCUT2D eigenvalue weighted by molar-refractivity contribution is -0.117. The minimum absolute atomic E-state index is 0.00812. The highest BCUT2D eigenvalue weighted by Gasteiger charge is 2.28. The molecule has 2 heterocycles. The van der Waals surface area contributed by atoms with Gasteiger partial charge in [-0.3, -0.25) is 0 Å². The Balaban J connectivity index is 1.59. The van der Waals surface area contributed by atoms with Crippen molar-refractivity contribution in [3.8, 4) is 11.6 Å². The van der Waals surface area contributed by atoms with Gasteiger partial charge in [0, 0.05) is 19.4 Å². The Bertz CT molecular complexity index is 864. The number of hydrogen-bond donors (Lipinski definition) is 0. The Morgan fingerprint density at radius 1 is 1.27 bits per heavy atom. The second-order valence-corrected chi connectivity index (χ2v) is 7.37. The van der Waals surface area contributed by atoms with Crippen molar-refractivity contribution in [3.05, 3.63) is 42.0 Å². The number of hydrogen-bond acceptors (Lipinski definition) is 6. The van der Waals surface area contributed by atoms with Crippen LogP contribution in [0.15, 0.2) is 30.6 Å². The molecule has 1 saturated heterocycles. The zero-order valence-electron chi connectivity index (χ0n) is 16.9. The van der Waals surface area contributed by atoms with Crippen LogP contribution >= 0.6 is 0 Å². The Hall–Kier alpha value is -2.84. The van der Waals surface area contributed by atoms with Crippen molar-refractivity contribution in [3.63, 3.8) is 0 Å². The molecule has 0 saturated carbocycles. The SMILES string of the molecule is CC(=O)C[C@@H](C)c1ccc(O[C@@H]2CCN(c3ncnc(OCC(F)F)c3F)C2)cc1. The lowest BCUT2D eigenvalue weighted by atomic mass is 9.96. The third-order valence-corrected chi connectivity index (χ3v) is 4.88. The molecule has 0 bridgehead atoms. The molecule has 162 valence electrons. The van der Waals surface area contributed by atoms with Crippen molar-refractivity contribution in [2.75, 3.05) is 24.6 Å². The first-order chi connectivity index (χ1) is 14.3. The first-order valence-corrected chi connectivity index (χ1v) is 9.76. The van der Waals surface area contributed by atoms with Gasteiger partial charge in [0.1, 0.15) is 24.0 Å². The second kappa shape index (κ2) is 9.77. The highest BCUT2D eigenvalue weighted by atomic mass is 19.3. The van der Waals surface area contributed by atoms with Gasteiger partial charge in [-0.1, -0.05) is 19.1 Å². The Kier molecular flexibility index (Phi) is 7.12. The molecule has 1 fully saturated rings. The number of carbonyl (C=O) groups is 1. The van der Waals surface area contributed by atoms with Crippen molar-refractivity contribution in [2.24, 2.45) is 0 Å². The molecule has 1 aromatic heterocycles. The normalized spacial score (nSPS) is 17.3. The van der Waals surface area contributed by atoms with E-state index in [1.165, 1.54) is 0 Å². The van der Waals surface area contributed by atoms with Crippen LogP contribution in [-0.4, -0.2) is 48.0 Å². The summed E-state index contributed by atoms with van der Waals surface area (Å²) in [6.45, 7) is 3.54. The van der Waals surface area contributed by atoms with Crippen LogP contribution in [0.25, 0.3) is 0 Å². The van der Waals surface area contributed by atoms with Gasteiger partial charge in [-0.15, -0.1) is 0 Å². The Morgan fingerprint density at radius 2 is 2.00 bits per heavy atom. The van der Waals surface area contributed by atoms with E-state index in [2.05, 4.69) is 9.97 Å². The first-order valence-electron chi connectivity index (χ1n) is 9.76. The number of ketones is 1. The van der Waals surface area contributed by atoms with Gasteiger partial charge in [0.2, 0.25) is 5.82 Å². The van der Waals surface area contributed by atoms with Gasteiger partial charge in [0.25, 0.3) is 12.3 Å². The smallest absolute Gasteiger partial charge is 0.272 e. The van der Waals surface area contributed by atoms with Crippen molar-refractivity contribution < 1.29 is 27.4 Å². The van der Waals surface area contributed by atoms with Gasteiger partial charge >= 0.3 is 0 Å². The van der Waals surface area contributed by atoms with Crippen molar-refractivity contribution in [1.29, 1.82) is 0 Å². The molecular weight excluding hydrogens is 399 g/mol. The fourth-order valence-electron chi connectivity index (χ4n) is 3.44. The van der Waals surface area contributed by atoms with E-state index >= 15 is 0 Å². The van der Waals surface area contributed by atoms with Crippen LogP contribution < -0.4 is 14.4 Å². The number of alkyl halides is 2. The van der Waals surface area contributed by atoms with E-state index in [0.29, 0.717) is 31.7 Å². The molecule has 30 heavy (non-hydrogen) atoms. The summed E-state index contributed by atoms with van der Waals surface area (Å²) in [6.07, 6.45) is -0.659. The summed E-state index contributed by atoms with van der Waals surface area (Å²) >= 11 is 0. The lowest BCUT2D eigenvalue weighted by Gasteiger charge is -2.19. The maximum absolute atomic E-state index is 14.5. The fourth-order valence-corrected chi connectivity index (χ4v) is 3.44. The number of halogens is 3. The van der Waals surface area contributed by atoms with Crippen LogP contribution in [0.4, 0.5) is 19.0 Å². The van der Waals surface area contributed by atoms with Crippen LogP contribution in [0.2, 0.25) is 0 Å². The quantitative estimate of drug-likeness (QED) is 0.608. The third-order valence-electron chi connectivity index (χ3n) is 4.88. The van der Waals surface area contributed by atoms with Gasteiger partial charge in [-0.2, -0.15) is 9.37 Å². The zero-order valence-corrected chi connectivity index (χ0v) is 16.9. The predicted octanol–water partition coefficient (Wildman–Crippen LogP) is 4.00. The highest BCUT2D eigenvalue weighted by molar-refractivity contribution is 5.76. The number of Topliss-reactive ketones (excluding diaryl/α,β-unsaturated/α-hetero) is 1. The summed E-state index contributed by atoms with van der Waals surface area (Å²) in [7, 11) is 0. The van der Waals surface area contributed by atoms with Crippen molar-refractivity contribution in [2.45, 2.75) is 45.1 Å². The largest absolute Gasteiger partial charge is 0.489 e. The highest BCUT2D eigenvalue weighted by Crippen LogP contribution is 2.28. The number of benzene rings is 1. The van der Waals surface area contributed by atoms with E-state index in [0.717, 1.165) is 11.9 Å². The van der Waals surface area contributed by atoms with Crippen molar-refractivity contribution >= 4 is 11.6 Å². The maximum atomic E-state index is 14.5. The summed E-state index contributed by atoms with van der Waals surface area (Å²) in [6, 6.07) is 7.59. The Labute approximate surface area is 173 Å². The molecule has 0 amide bonds. The summed E-state index contributed by atoms with van der Waals surface area (Å²) in [5.74, 6) is -0.365. The molecule has 2 aromatic rings. The number of rotatable bonds is 9. The molecule has 2 atom stereocenters. The van der Waals surface area contributed by atoms with E-state index < -0.39 is 24.7 Å². The van der Waals surface area contributed by atoms with E-state index in [1.54, 1.807) is 11.8 Å². The molecule has 1 aliphatic rings. The molecule has 0 radical (unpaired) electrons. The molecule has 0 spiro atoms. The number of ether oxygens (including phenoxy) is 2. The third kappa shape index (κ3) is 5.61. The van der Waals surface area contributed by atoms with Gasteiger partial charge in [0.15, 0.2) is 12.4 Å². The Morgan fingerprint density at radius 3 is 2.67 bits per heavy atom. The van der Waals surface area contributed by atoms with E-state index in [1.807, 2.05) is 31.2 Å². The van der Waals surface area contributed by atoms with Crippen LogP contribution in [0.1, 0.15) is 38.2 Å². The average Bonchev–Trinajstić information content (AvgIpc) is 3.15. The fraction of sp³-hybridized carbons (Fsp3) is 0.476. The standard InChI is InChI=1S/C21H24F3N3O3/c1-13(9-14(2)28)15-3-5-16(6-4-15)30-17-7-8-27(10-17)20-19(24)21(26-12-25-20)29-11-18(22)23/h3-6,12-13,17-18H,7-11H2,1-2H3/t13-,17-/m1/s1. The number of anilines is 1. The lowest BCUT2D eigenvalue weighted by Crippen LogP contribution is -2.26. The summed E-state index contributed by atoms with van der Waals surface area (Å²) in [4.78, 5) is 20.5. The molecule has 1 aliphatic heterocycles. The molecule has 0 aliphatic carbocycles. The molecule has 6 nitrogen and oxygen atoms in total. The van der Waals surface area contributed by atoms with E-state index in [-0.39, 0.29) is 23.6 Å². The monoisotopic (exact) mass is 423 g/mol. The second-order valence-electron chi connectivity index (χ2n) is 7.37. The number of carbonyl (C=O) groups excluding carboxylic acids is 1. The van der Waals surface area contributed by atoms with Crippen LogP contribution in [0.3, 0.4) is 0 Å². The minimum atomic E-state index is -2.72. The molecule has 0 N–H and O–H groups in total. The molecular formula is C21H24F3N3O3. The van der Waals surface area contributed by atoms with Crippen LogP contribution in [0.5, 0.6) is 11.6 Å². The number of aromatic nitrogens is 2. The predicted molar refractivity (Wildman–Crippen MR) is 105 cm³/mol. The van der Waals surface area contributed by atoms with E-state index in [9.17, 15) is 18.0 Å². The summed E-state index contributed by atoms with van der Waals surface area (Å²) < 4.78 is 49.9. The average molecular weight is 423 g/mol. The molecule has 9 heteroatoms. The molecule has 0 unspecified atom stereocenters. The maximum Gasteiger partial charge on any atom is 0.272 e. The topological polar surface area (TPSA) is 64.5 Å². The molecule has 3 rings (SSSR count). The van der Waals surface area contributed by atoms with Gasteiger partial charge in [0.05, 0.1) is 6.54 Å². The van der Waals surface area contributed by atoms with Gasteiger partial charge < -0.3 is 19.2 Å². The summed E-state index contributed by atoms with van der Waals surface area (Å²) in [5, 5.41) is 0. The zero-order chi connectivity index (χ0) is 21.7. The molecule has 1 aromatic carbocycles. The van der Waals surface area contributed by atoms with Crippen LogP contribution in [-0.2, 0) is 4.79 Å². The van der Waals surface area contributed by atoms with E-state index in [4.69, 9.17) is 9.47 Å². The first kappa shape index (κ1) is 21.9. The summed E-state index contributed by atoms with van der Waals surface area (Å²) in [5.41, 5.74) is 1.06. The van der Waals surface area contributed by atoms with Gasteiger partial charge in [-0.05, 0) is 30.5 Å².